The predicted octanol–water partition coefficient (Wildman–Crippen LogP) is 1.93. The van der Waals surface area contributed by atoms with Crippen molar-refractivity contribution in [2.45, 2.75) is 0 Å². The van der Waals surface area contributed by atoms with Gasteiger partial charge < -0.3 is 15.0 Å². The highest BCUT2D eigenvalue weighted by atomic mass is 16.3. The Bertz CT molecular complexity index is 795. The molecule has 1 amide bonds. The van der Waals surface area contributed by atoms with Gasteiger partial charge in [0, 0.05) is 18.8 Å². The molecule has 2 heterocycles. The van der Waals surface area contributed by atoms with Gasteiger partial charge in [-0.3, -0.25) is 4.79 Å². The number of benzene rings is 1. The standard InChI is InChI=1S/C14H12N4O2/c1-18-8-16-10-5-4-9(7-11(10)18)14(20)17-13-12(19)3-2-6-15-13/h2-8,19H,1H3,(H,15,17,20). The number of hydrogen-bond acceptors (Lipinski definition) is 4. The molecule has 20 heavy (non-hydrogen) atoms. The van der Waals surface area contributed by atoms with Gasteiger partial charge in [0.05, 0.1) is 17.4 Å². The van der Waals surface area contributed by atoms with Crippen LogP contribution in [-0.2, 0) is 7.05 Å². The average Bonchev–Trinajstić information content (AvgIpc) is 2.82. The number of fused-ring (bicyclic) bond motifs is 1. The molecule has 0 aliphatic rings. The van der Waals surface area contributed by atoms with E-state index >= 15 is 0 Å². The van der Waals surface area contributed by atoms with E-state index in [0.29, 0.717) is 5.56 Å². The zero-order chi connectivity index (χ0) is 14.1. The minimum absolute atomic E-state index is 0.0672. The number of aromatic nitrogens is 3. The number of anilines is 1. The molecule has 2 aromatic heterocycles. The van der Waals surface area contributed by atoms with Crippen molar-refractivity contribution >= 4 is 22.8 Å². The third-order valence-electron chi connectivity index (χ3n) is 3.01. The summed E-state index contributed by atoms with van der Waals surface area (Å²) in [5, 5.41) is 12.2. The number of rotatable bonds is 2. The van der Waals surface area contributed by atoms with E-state index in [0.717, 1.165) is 11.0 Å². The number of carbonyl (C=O) groups excluding carboxylic acids is 1. The molecular formula is C14H12N4O2. The van der Waals surface area contributed by atoms with Crippen LogP contribution in [0.1, 0.15) is 10.4 Å². The lowest BCUT2D eigenvalue weighted by Crippen LogP contribution is -2.13. The van der Waals surface area contributed by atoms with Crippen molar-refractivity contribution in [1.82, 2.24) is 14.5 Å². The Labute approximate surface area is 114 Å². The summed E-state index contributed by atoms with van der Waals surface area (Å²) in [7, 11) is 1.86. The van der Waals surface area contributed by atoms with Crippen LogP contribution in [0.3, 0.4) is 0 Å². The Hall–Kier alpha value is -2.89. The van der Waals surface area contributed by atoms with Crippen LogP contribution >= 0.6 is 0 Å². The minimum Gasteiger partial charge on any atom is -0.504 e. The molecule has 0 spiro atoms. The summed E-state index contributed by atoms with van der Waals surface area (Å²) in [6, 6.07) is 8.27. The molecule has 0 fully saturated rings. The van der Waals surface area contributed by atoms with Gasteiger partial charge in [0.1, 0.15) is 0 Å². The van der Waals surface area contributed by atoms with Crippen molar-refractivity contribution in [3.8, 4) is 5.75 Å². The summed E-state index contributed by atoms with van der Waals surface area (Å²) >= 11 is 0. The largest absolute Gasteiger partial charge is 0.504 e. The van der Waals surface area contributed by atoms with Crippen molar-refractivity contribution in [3.05, 3.63) is 48.4 Å². The smallest absolute Gasteiger partial charge is 0.256 e. The normalized spacial score (nSPS) is 10.7. The molecule has 0 saturated carbocycles. The Morgan fingerprint density at radius 1 is 1.30 bits per heavy atom. The Balaban J connectivity index is 1.92. The number of hydrogen-bond donors (Lipinski definition) is 2. The maximum absolute atomic E-state index is 12.2. The van der Waals surface area contributed by atoms with Gasteiger partial charge in [0.2, 0.25) is 0 Å². The molecule has 2 N–H and O–H groups in total. The average molecular weight is 268 g/mol. The fourth-order valence-electron chi connectivity index (χ4n) is 1.94. The van der Waals surface area contributed by atoms with Crippen LogP contribution in [-0.4, -0.2) is 25.5 Å². The third kappa shape index (κ3) is 2.07. The van der Waals surface area contributed by atoms with Crippen LogP contribution in [0.25, 0.3) is 11.0 Å². The van der Waals surface area contributed by atoms with Crippen molar-refractivity contribution in [3.63, 3.8) is 0 Å². The van der Waals surface area contributed by atoms with E-state index in [9.17, 15) is 9.90 Å². The molecule has 0 unspecified atom stereocenters. The van der Waals surface area contributed by atoms with Crippen LogP contribution in [0.4, 0.5) is 5.82 Å². The van der Waals surface area contributed by atoms with E-state index in [1.54, 1.807) is 30.6 Å². The van der Waals surface area contributed by atoms with Gasteiger partial charge in [-0.05, 0) is 30.3 Å². The molecule has 0 aliphatic heterocycles. The molecule has 100 valence electrons. The number of imidazole rings is 1. The van der Waals surface area contributed by atoms with Gasteiger partial charge >= 0.3 is 0 Å². The van der Waals surface area contributed by atoms with Crippen LogP contribution in [0.15, 0.2) is 42.9 Å². The van der Waals surface area contributed by atoms with Gasteiger partial charge in [0.25, 0.3) is 5.91 Å². The van der Waals surface area contributed by atoms with Crippen molar-refractivity contribution in [2.24, 2.45) is 7.05 Å². The molecule has 0 aliphatic carbocycles. The summed E-state index contributed by atoms with van der Waals surface area (Å²) in [5.74, 6) is -0.257. The lowest BCUT2D eigenvalue weighted by atomic mass is 10.2. The first-order valence-electron chi connectivity index (χ1n) is 6.01. The van der Waals surface area contributed by atoms with E-state index in [2.05, 4.69) is 15.3 Å². The van der Waals surface area contributed by atoms with Gasteiger partial charge in [-0.25, -0.2) is 9.97 Å². The number of carbonyl (C=O) groups is 1. The Morgan fingerprint density at radius 3 is 2.95 bits per heavy atom. The van der Waals surface area contributed by atoms with E-state index < -0.39 is 0 Å². The fourth-order valence-corrected chi connectivity index (χ4v) is 1.94. The van der Waals surface area contributed by atoms with Crippen LogP contribution in [0, 0.1) is 0 Å². The summed E-state index contributed by atoms with van der Waals surface area (Å²) in [6.07, 6.45) is 3.19. The SMILES string of the molecule is Cn1cnc2ccc(C(=O)Nc3ncccc3O)cc21. The molecule has 0 saturated heterocycles. The van der Waals surface area contributed by atoms with E-state index in [-0.39, 0.29) is 17.5 Å². The lowest BCUT2D eigenvalue weighted by Gasteiger charge is -2.06. The molecule has 6 heteroatoms. The summed E-state index contributed by atoms with van der Waals surface area (Å²) in [6.45, 7) is 0. The fraction of sp³-hybridized carbons (Fsp3) is 0.0714. The molecule has 0 radical (unpaired) electrons. The number of pyridine rings is 1. The first kappa shape index (κ1) is 12.2. The van der Waals surface area contributed by atoms with Crippen LogP contribution in [0.2, 0.25) is 0 Å². The summed E-state index contributed by atoms with van der Waals surface area (Å²) < 4.78 is 1.84. The number of nitrogens with zero attached hydrogens (tertiary/aromatic N) is 3. The lowest BCUT2D eigenvalue weighted by molar-refractivity contribution is 0.102. The second-order valence-electron chi connectivity index (χ2n) is 4.38. The minimum atomic E-state index is -0.331. The number of aryl methyl sites for hydroxylation is 1. The monoisotopic (exact) mass is 268 g/mol. The van der Waals surface area contributed by atoms with Gasteiger partial charge in [0.15, 0.2) is 11.6 Å². The van der Waals surface area contributed by atoms with E-state index in [4.69, 9.17) is 0 Å². The van der Waals surface area contributed by atoms with Gasteiger partial charge in [-0.2, -0.15) is 0 Å². The molecule has 0 bridgehead atoms. The van der Waals surface area contributed by atoms with Crippen molar-refractivity contribution in [2.75, 3.05) is 5.32 Å². The Morgan fingerprint density at radius 2 is 2.15 bits per heavy atom. The summed E-state index contributed by atoms with van der Waals surface area (Å²) in [5.41, 5.74) is 2.17. The molecule has 3 aromatic rings. The topological polar surface area (TPSA) is 80.0 Å². The Kier molecular flexibility index (Phi) is 2.83. The number of amides is 1. The van der Waals surface area contributed by atoms with E-state index in [1.807, 2.05) is 11.6 Å². The first-order chi connectivity index (χ1) is 9.65. The van der Waals surface area contributed by atoms with Crippen LogP contribution < -0.4 is 5.32 Å². The highest BCUT2D eigenvalue weighted by Gasteiger charge is 2.11. The maximum atomic E-state index is 12.2. The zero-order valence-corrected chi connectivity index (χ0v) is 10.7. The molecule has 6 nitrogen and oxygen atoms in total. The third-order valence-corrected chi connectivity index (χ3v) is 3.01. The second-order valence-corrected chi connectivity index (χ2v) is 4.38. The van der Waals surface area contributed by atoms with Crippen molar-refractivity contribution in [1.29, 1.82) is 0 Å². The quantitative estimate of drug-likeness (QED) is 0.744. The molecule has 1 aromatic carbocycles. The first-order valence-corrected chi connectivity index (χ1v) is 6.01. The number of aromatic hydroxyl groups is 1. The second kappa shape index (κ2) is 4.65. The van der Waals surface area contributed by atoms with Gasteiger partial charge in [-0.1, -0.05) is 0 Å². The maximum Gasteiger partial charge on any atom is 0.256 e. The molecular weight excluding hydrogens is 256 g/mol. The number of nitrogens with one attached hydrogen (secondary N) is 1. The summed E-state index contributed by atoms with van der Waals surface area (Å²) in [4.78, 5) is 20.3. The zero-order valence-electron chi connectivity index (χ0n) is 10.7. The molecule has 0 atom stereocenters. The predicted molar refractivity (Wildman–Crippen MR) is 74.6 cm³/mol. The van der Waals surface area contributed by atoms with Crippen LogP contribution in [0.5, 0.6) is 5.75 Å². The molecule has 3 rings (SSSR count). The highest BCUT2D eigenvalue weighted by molar-refractivity contribution is 6.06. The highest BCUT2D eigenvalue weighted by Crippen LogP contribution is 2.20. The van der Waals surface area contributed by atoms with E-state index in [1.165, 1.54) is 12.3 Å². The van der Waals surface area contributed by atoms with Crippen molar-refractivity contribution < 1.29 is 9.90 Å². The van der Waals surface area contributed by atoms with Gasteiger partial charge in [-0.15, -0.1) is 0 Å².